The van der Waals surface area contributed by atoms with E-state index in [-0.39, 0.29) is 24.6 Å². The van der Waals surface area contributed by atoms with Crippen LogP contribution in [0.15, 0.2) is 60.7 Å². The van der Waals surface area contributed by atoms with Gasteiger partial charge in [-0.15, -0.1) is 0 Å². The van der Waals surface area contributed by atoms with Crippen LogP contribution in [0.5, 0.6) is 11.5 Å². The maximum absolute atomic E-state index is 14.6. The molecule has 0 saturated heterocycles. The second-order valence-corrected chi connectivity index (χ2v) is 7.42. The monoisotopic (exact) mass is 453 g/mol. The number of halogens is 2. The molecular weight excluding hydrogens is 436 g/mol. The molecule has 0 spiro atoms. The first kappa shape index (κ1) is 20.7. The number of aliphatic hydroxyl groups is 1. The second-order valence-electron chi connectivity index (χ2n) is 7.42. The fourth-order valence-electron chi connectivity index (χ4n) is 3.88. The fourth-order valence-corrected chi connectivity index (χ4v) is 3.88. The number of rotatable bonds is 4. The summed E-state index contributed by atoms with van der Waals surface area (Å²) in [6.45, 7) is 0.0229. The molecule has 3 N–H and O–H groups in total. The lowest BCUT2D eigenvalue weighted by Crippen LogP contribution is -2.62. The number of amides is 3. The van der Waals surface area contributed by atoms with Crippen molar-refractivity contribution in [1.82, 2.24) is 5.32 Å². The van der Waals surface area contributed by atoms with Gasteiger partial charge in [0.25, 0.3) is 11.6 Å². The minimum atomic E-state index is -2.74. The van der Waals surface area contributed by atoms with Crippen LogP contribution in [-0.4, -0.2) is 23.8 Å². The number of fused-ring (bicyclic) bond motifs is 2. The Morgan fingerprint density at radius 2 is 1.79 bits per heavy atom. The minimum Gasteiger partial charge on any atom is -0.454 e. The first-order valence-electron chi connectivity index (χ1n) is 9.93. The first-order valence-corrected chi connectivity index (χ1v) is 9.93. The predicted octanol–water partition coefficient (Wildman–Crippen LogP) is 3.21. The van der Waals surface area contributed by atoms with Gasteiger partial charge in [-0.2, -0.15) is 0 Å². The normalized spacial score (nSPS) is 18.5. The summed E-state index contributed by atoms with van der Waals surface area (Å²) < 4.78 is 39.8. The standard InChI is InChI=1S/C23H17F2N3O5/c24-15-5-3-6-16(25)20(15)28-22(30)27-17-7-2-1-4-14(17)23(28,31)21(29)26-11-13-8-9-18-19(10-13)33-12-32-18/h1-10,31H,11-12H2,(H,26,29)(H,27,30)/t23-/m1/s1. The van der Waals surface area contributed by atoms with Gasteiger partial charge >= 0.3 is 6.03 Å². The van der Waals surface area contributed by atoms with E-state index in [2.05, 4.69) is 10.6 Å². The molecule has 2 aliphatic heterocycles. The summed E-state index contributed by atoms with van der Waals surface area (Å²) in [5.74, 6) is -2.23. The van der Waals surface area contributed by atoms with Crippen molar-refractivity contribution in [1.29, 1.82) is 0 Å². The Kier molecular flexibility index (Phi) is 4.86. The molecule has 0 radical (unpaired) electrons. The number of nitrogens with one attached hydrogen (secondary N) is 2. The summed E-state index contributed by atoms with van der Waals surface area (Å²) in [5, 5.41) is 16.6. The van der Waals surface area contributed by atoms with Gasteiger partial charge in [-0.1, -0.05) is 30.3 Å². The zero-order chi connectivity index (χ0) is 23.2. The minimum absolute atomic E-state index is 0.0459. The highest BCUT2D eigenvalue weighted by Gasteiger charge is 2.53. The highest BCUT2D eigenvalue weighted by molar-refractivity contribution is 6.12. The molecule has 0 saturated carbocycles. The van der Waals surface area contributed by atoms with Gasteiger partial charge in [0.15, 0.2) is 11.5 Å². The van der Waals surface area contributed by atoms with Crippen LogP contribution < -0.4 is 25.0 Å². The molecule has 3 aromatic carbocycles. The molecular formula is C23H17F2N3O5. The number of ether oxygens (including phenoxy) is 2. The van der Waals surface area contributed by atoms with E-state index >= 15 is 0 Å². The summed E-state index contributed by atoms with van der Waals surface area (Å²) in [6, 6.07) is 12.9. The van der Waals surface area contributed by atoms with Gasteiger partial charge < -0.3 is 25.2 Å². The van der Waals surface area contributed by atoms with Crippen LogP contribution in [0.1, 0.15) is 11.1 Å². The van der Waals surface area contributed by atoms with Crippen LogP contribution in [0.2, 0.25) is 0 Å². The molecule has 0 bridgehead atoms. The van der Waals surface area contributed by atoms with E-state index in [1.807, 2.05) is 0 Å². The van der Waals surface area contributed by atoms with E-state index < -0.39 is 35.0 Å². The third kappa shape index (κ3) is 3.31. The Labute approximate surface area is 186 Å². The SMILES string of the molecule is O=C1Nc2ccccc2[C@@](O)(C(=O)NCc2ccc3c(c2)OCO3)N1c1c(F)cccc1F. The molecule has 3 amide bonds. The van der Waals surface area contributed by atoms with E-state index in [9.17, 15) is 23.5 Å². The van der Waals surface area contributed by atoms with Gasteiger partial charge in [0.2, 0.25) is 6.79 Å². The topological polar surface area (TPSA) is 100 Å². The third-order valence-electron chi connectivity index (χ3n) is 5.44. The number of hydrogen-bond donors (Lipinski definition) is 3. The lowest BCUT2D eigenvalue weighted by Gasteiger charge is -2.42. The average molecular weight is 453 g/mol. The van der Waals surface area contributed by atoms with Crippen LogP contribution >= 0.6 is 0 Å². The maximum Gasteiger partial charge on any atom is 0.329 e. The van der Waals surface area contributed by atoms with Crippen molar-refractivity contribution in [2.24, 2.45) is 0 Å². The summed E-state index contributed by atoms with van der Waals surface area (Å²) in [7, 11) is 0. The van der Waals surface area contributed by atoms with E-state index in [0.29, 0.717) is 22.0 Å². The molecule has 168 valence electrons. The molecule has 0 aliphatic carbocycles. The van der Waals surface area contributed by atoms with Crippen molar-refractivity contribution in [3.8, 4) is 11.5 Å². The van der Waals surface area contributed by atoms with Crippen LogP contribution in [0, 0.1) is 11.6 Å². The lowest BCUT2D eigenvalue weighted by atomic mass is 9.94. The fraction of sp³-hybridized carbons (Fsp3) is 0.130. The third-order valence-corrected chi connectivity index (χ3v) is 5.44. The molecule has 5 rings (SSSR count). The number of carbonyl (C=O) groups is 2. The van der Waals surface area contributed by atoms with Crippen LogP contribution in [0.25, 0.3) is 0 Å². The Balaban J connectivity index is 1.54. The Morgan fingerprint density at radius 1 is 1.06 bits per heavy atom. The van der Waals surface area contributed by atoms with E-state index in [4.69, 9.17) is 9.47 Å². The molecule has 0 fully saturated rings. The van der Waals surface area contributed by atoms with Crippen LogP contribution in [0.3, 0.4) is 0 Å². The van der Waals surface area contributed by atoms with Gasteiger partial charge in [0.05, 0.1) is 5.69 Å². The average Bonchev–Trinajstić information content (AvgIpc) is 3.27. The maximum atomic E-state index is 14.6. The van der Waals surface area contributed by atoms with E-state index in [0.717, 1.165) is 18.2 Å². The van der Waals surface area contributed by atoms with Crippen molar-refractivity contribution in [3.63, 3.8) is 0 Å². The molecule has 10 heteroatoms. The summed E-state index contributed by atoms with van der Waals surface area (Å²) >= 11 is 0. The Bertz CT molecular complexity index is 1260. The number of benzene rings is 3. The molecule has 33 heavy (non-hydrogen) atoms. The quantitative estimate of drug-likeness (QED) is 0.564. The number of nitrogens with zero attached hydrogens (tertiary/aromatic N) is 1. The molecule has 3 aromatic rings. The zero-order valence-electron chi connectivity index (χ0n) is 17.0. The van der Waals surface area contributed by atoms with Crippen LogP contribution in [-0.2, 0) is 17.1 Å². The molecule has 2 heterocycles. The highest BCUT2D eigenvalue weighted by atomic mass is 19.1. The number of hydrogen-bond acceptors (Lipinski definition) is 5. The summed E-state index contributed by atoms with van der Waals surface area (Å²) in [6.07, 6.45) is 0. The van der Waals surface area contributed by atoms with Gasteiger partial charge in [0, 0.05) is 12.1 Å². The number of carbonyl (C=O) groups excluding carboxylic acids is 2. The zero-order valence-corrected chi connectivity index (χ0v) is 17.0. The number of urea groups is 1. The van der Waals surface area contributed by atoms with Crippen LogP contribution in [0.4, 0.5) is 25.0 Å². The molecule has 2 aliphatic rings. The first-order chi connectivity index (χ1) is 15.9. The number of para-hydroxylation sites is 2. The van der Waals surface area contributed by atoms with Gasteiger partial charge in [-0.3, -0.25) is 4.79 Å². The van der Waals surface area contributed by atoms with Crippen molar-refractivity contribution < 1.29 is 33.0 Å². The summed E-state index contributed by atoms with van der Waals surface area (Å²) in [5.41, 5.74) is -2.89. The Hall–Kier alpha value is -4.18. The van der Waals surface area contributed by atoms with Crippen molar-refractivity contribution in [3.05, 3.63) is 83.4 Å². The largest absolute Gasteiger partial charge is 0.454 e. The molecule has 1 atom stereocenters. The van der Waals surface area contributed by atoms with Crippen molar-refractivity contribution in [2.45, 2.75) is 12.3 Å². The van der Waals surface area contributed by atoms with Crippen molar-refractivity contribution >= 4 is 23.3 Å². The predicted molar refractivity (Wildman–Crippen MR) is 113 cm³/mol. The lowest BCUT2D eigenvalue weighted by molar-refractivity contribution is -0.140. The summed E-state index contributed by atoms with van der Waals surface area (Å²) in [4.78, 5) is 26.6. The van der Waals surface area contributed by atoms with Gasteiger partial charge in [-0.25, -0.2) is 18.5 Å². The van der Waals surface area contributed by atoms with Crippen molar-refractivity contribution in [2.75, 3.05) is 17.0 Å². The van der Waals surface area contributed by atoms with E-state index in [1.54, 1.807) is 24.3 Å². The second kappa shape index (κ2) is 7.75. The smallest absolute Gasteiger partial charge is 0.329 e. The molecule has 0 aromatic heterocycles. The molecule has 0 unspecified atom stereocenters. The Morgan fingerprint density at radius 3 is 2.58 bits per heavy atom. The van der Waals surface area contributed by atoms with E-state index in [1.165, 1.54) is 18.2 Å². The van der Waals surface area contributed by atoms with Gasteiger partial charge in [0.1, 0.15) is 17.3 Å². The molecule has 8 nitrogen and oxygen atoms in total. The number of anilines is 2. The highest BCUT2D eigenvalue weighted by Crippen LogP contribution is 2.41. The van der Waals surface area contributed by atoms with Gasteiger partial charge in [-0.05, 0) is 35.9 Å².